The molecule has 0 bridgehead atoms. The molecule has 7 heteroatoms. The molecule has 1 unspecified atom stereocenters. The summed E-state index contributed by atoms with van der Waals surface area (Å²) in [6.45, 7) is 3.79. The fourth-order valence-electron chi connectivity index (χ4n) is 1.77. The third kappa shape index (κ3) is 2.71. The van der Waals surface area contributed by atoms with Crippen LogP contribution in [0.3, 0.4) is 0 Å². The number of halogens is 1. The van der Waals surface area contributed by atoms with Crippen LogP contribution in [0.2, 0.25) is 0 Å². The first-order valence-corrected chi connectivity index (χ1v) is 6.65. The first-order chi connectivity index (χ1) is 9.04. The maximum Gasteiger partial charge on any atom is 0.343 e. The molecule has 5 nitrogen and oxygen atoms in total. The number of H-pyrrole nitrogens is 1. The quantitative estimate of drug-likeness (QED) is 0.899. The van der Waals surface area contributed by atoms with Gasteiger partial charge in [-0.2, -0.15) is 0 Å². The molecular weight excluding hydrogens is 269 g/mol. The second-order valence-electron chi connectivity index (χ2n) is 3.99. The summed E-state index contributed by atoms with van der Waals surface area (Å²) >= 11 is 1.15. The van der Waals surface area contributed by atoms with Crippen LogP contribution in [0.15, 0.2) is 33.0 Å². The van der Waals surface area contributed by atoms with Crippen molar-refractivity contribution < 1.29 is 9.50 Å². The lowest BCUT2D eigenvalue weighted by molar-refractivity contribution is 0.191. The Bertz CT molecular complexity index is 636. The molecule has 0 fully saturated rings. The minimum absolute atomic E-state index is 0.214. The molecule has 0 aliphatic carbocycles. The standard InChI is InChI=1S/C12H14FN3O2S/c1-3-16-11(18)14-15-12(16)19-9-6-4-5-8(13)10(9)7(2)17/h4-7,17H,3H2,1-2H3,(H,14,18). The molecule has 102 valence electrons. The number of hydrogen-bond donors (Lipinski definition) is 2. The van der Waals surface area contributed by atoms with E-state index in [0.717, 1.165) is 11.8 Å². The third-order valence-electron chi connectivity index (χ3n) is 2.67. The van der Waals surface area contributed by atoms with Crippen LogP contribution in [0, 0.1) is 5.82 Å². The Balaban J connectivity index is 2.44. The summed E-state index contributed by atoms with van der Waals surface area (Å²) in [5, 5.41) is 16.3. The zero-order chi connectivity index (χ0) is 14.0. The Morgan fingerprint density at radius 3 is 2.95 bits per heavy atom. The largest absolute Gasteiger partial charge is 0.389 e. The Morgan fingerprint density at radius 1 is 1.58 bits per heavy atom. The van der Waals surface area contributed by atoms with Gasteiger partial charge in [0.2, 0.25) is 0 Å². The van der Waals surface area contributed by atoms with Crippen LogP contribution in [-0.2, 0) is 6.54 Å². The van der Waals surface area contributed by atoms with Crippen LogP contribution < -0.4 is 5.69 Å². The van der Waals surface area contributed by atoms with Crippen LogP contribution in [0.5, 0.6) is 0 Å². The van der Waals surface area contributed by atoms with Crippen molar-refractivity contribution in [1.29, 1.82) is 0 Å². The molecule has 0 aliphatic rings. The van der Waals surface area contributed by atoms with Crippen LogP contribution >= 0.6 is 11.8 Å². The predicted molar refractivity (Wildman–Crippen MR) is 69.7 cm³/mol. The second-order valence-corrected chi connectivity index (χ2v) is 4.99. The van der Waals surface area contributed by atoms with Crippen molar-refractivity contribution in [3.05, 3.63) is 40.1 Å². The molecule has 0 saturated heterocycles. The van der Waals surface area contributed by atoms with Crippen LogP contribution in [0.4, 0.5) is 4.39 Å². The second kappa shape index (κ2) is 5.58. The highest BCUT2D eigenvalue weighted by molar-refractivity contribution is 7.99. The minimum atomic E-state index is -0.926. The van der Waals surface area contributed by atoms with Crippen LogP contribution in [-0.4, -0.2) is 19.9 Å². The van der Waals surface area contributed by atoms with Gasteiger partial charge in [-0.1, -0.05) is 6.07 Å². The van der Waals surface area contributed by atoms with E-state index < -0.39 is 11.9 Å². The lowest BCUT2D eigenvalue weighted by Gasteiger charge is -2.12. The fourth-order valence-corrected chi connectivity index (χ4v) is 2.90. The van der Waals surface area contributed by atoms with Crippen molar-refractivity contribution in [2.24, 2.45) is 0 Å². The first-order valence-electron chi connectivity index (χ1n) is 5.84. The number of hydrogen-bond acceptors (Lipinski definition) is 4. The average Bonchev–Trinajstić information content (AvgIpc) is 2.69. The monoisotopic (exact) mass is 283 g/mol. The molecule has 2 rings (SSSR count). The van der Waals surface area contributed by atoms with Gasteiger partial charge in [0.25, 0.3) is 0 Å². The lowest BCUT2D eigenvalue weighted by atomic mass is 10.1. The fraction of sp³-hybridized carbons (Fsp3) is 0.333. The van der Waals surface area contributed by atoms with E-state index in [1.54, 1.807) is 12.1 Å². The summed E-state index contributed by atoms with van der Waals surface area (Å²) in [7, 11) is 0. The molecule has 1 heterocycles. The number of aromatic nitrogens is 3. The van der Waals surface area contributed by atoms with Gasteiger partial charge in [0, 0.05) is 17.0 Å². The van der Waals surface area contributed by atoms with E-state index in [2.05, 4.69) is 10.2 Å². The van der Waals surface area contributed by atoms with Crippen molar-refractivity contribution in [3.8, 4) is 0 Å². The summed E-state index contributed by atoms with van der Waals surface area (Å²) in [5.41, 5.74) is -0.0920. The van der Waals surface area contributed by atoms with Crippen LogP contribution in [0.25, 0.3) is 0 Å². The summed E-state index contributed by atoms with van der Waals surface area (Å²) in [6, 6.07) is 4.54. The summed E-state index contributed by atoms with van der Waals surface area (Å²) in [6.07, 6.45) is -0.926. The van der Waals surface area contributed by atoms with Gasteiger partial charge in [0.05, 0.1) is 6.10 Å². The third-order valence-corrected chi connectivity index (χ3v) is 3.74. The van der Waals surface area contributed by atoms with Crippen LogP contribution in [0.1, 0.15) is 25.5 Å². The maximum absolute atomic E-state index is 13.7. The normalized spacial score (nSPS) is 12.6. The molecule has 1 aromatic heterocycles. The highest BCUT2D eigenvalue weighted by Crippen LogP contribution is 2.33. The molecule has 19 heavy (non-hydrogen) atoms. The van der Waals surface area contributed by atoms with Gasteiger partial charge >= 0.3 is 5.69 Å². The number of benzene rings is 1. The Labute approximate surface area is 113 Å². The van der Waals surface area contributed by atoms with E-state index in [1.165, 1.54) is 17.6 Å². The van der Waals surface area contributed by atoms with Crippen molar-refractivity contribution >= 4 is 11.8 Å². The van der Waals surface area contributed by atoms with E-state index in [4.69, 9.17) is 0 Å². The number of aromatic amines is 1. The molecule has 0 radical (unpaired) electrons. The molecule has 1 aromatic carbocycles. The predicted octanol–water partition coefficient (Wildman–Crippen LogP) is 1.93. The number of nitrogens with one attached hydrogen (secondary N) is 1. The number of aliphatic hydroxyl groups is 1. The van der Waals surface area contributed by atoms with Gasteiger partial charge < -0.3 is 5.11 Å². The number of aliphatic hydroxyl groups excluding tert-OH is 1. The highest BCUT2D eigenvalue weighted by atomic mass is 32.2. The Kier molecular flexibility index (Phi) is 4.06. The first kappa shape index (κ1) is 13.8. The van der Waals surface area contributed by atoms with Crippen molar-refractivity contribution in [2.75, 3.05) is 0 Å². The van der Waals surface area contributed by atoms with E-state index in [9.17, 15) is 14.3 Å². The molecule has 0 aliphatic heterocycles. The summed E-state index contributed by atoms with van der Waals surface area (Å²) in [4.78, 5) is 12.0. The van der Waals surface area contributed by atoms with Gasteiger partial charge in [0.1, 0.15) is 5.82 Å². The number of rotatable bonds is 4. The van der Waals surface area contributed by atoms with E-state index in [-0.39, 0.29) is 11.3 Å². The zero-order valence-corrected chi connectivity index (χ0v) is 11.4. The Hall–Kier alpha value is -1.60. The molecule has 0 amide bonds. The Morgan fingerprint density at radius 2 is 2.32 bits per heavy atom. The van der Waals surface area contributed by atoms with E-state index >= 15 is 0 Å². The average molecular weight is 283 g/mol. The topological polar surface area (TPSA) is 70.9 Å². The zero-order valence-electron chi connectivity index (χ0n) is 10.6. The van der Waals surface area contributed by atoms with Gasteiger partial charge in [-0.05, 0) is 37.7 Å². The number of nitrogens with zero attached hydrogens (tertiary/aromatic N) is 2. The van der Waals surface area contributed by atoms with Gasteiger partial charge in [-0.25, -0.2) is 14.3 Å². The SMILES string of the molecule is CCn1c(Sc2cccc(F)c2C(C)O)n[nH]c1=O. The van der Waals surface area contributed by atoms with E-state index in [1.807, 2.05) is 6.92 Å². The van der Waals surface area contributed by atoms with Crippen molar-refractivity contribution in [3.63, 3.8) is 0 Å². The van der Waals surface area contributed by atoms with Crippen molar-refractivity contribution in [1.82, 2.24) is 14.8 Å². The highest BCUT2D eigenvalue weighted by Gasteiger charge is 2.17. The molecule has 0 saturated carbocycles. The lowest BCUT2D eigenvalue weighted by Crippen LogP contribution is -2.16. The molecule has 2 aromatic rings. The van der Waals surface area contributed by atoms with E-state index in [0.29, 0.717) is 16.6 Å². The smallest absolute Gasteiger partial charge is 0.343 e. The van der Waals surface area contributed by atoms with Crippen molar-refractivity contribution in [2.45, 2.75) is 36.5 Å². The molecule has 0 spiro atoms. The molecule has 1 atom stereocenters. The van der Waals surface area contributed by atoms with Gasteiger partial charge in [-0.15, -0.1) is 5.10 Å². The van der Waals surface area contributed by atoms with Gasteiger partial charge in [0.15, 0.2) is 5.16 Å². The summed E-state index contributed by atoms with van der Waals surface area (Å²) in [5.74, 6) is -0.471. The summed E-state index contributed by atoms with van der Waals surface area (Å²) < 4.78 is 15.2. The maximum atomic E-state index is 13.7. The molecular formula is C12H14FN3O2S. The minimum Gasteiger partial charge on any atom is -0.389 e. The molecule has 2 N–H and O–H groups in total. The van der Waals surface area contributed by atoms with Gasteiger partial charge in [-0.3, -0.25) is 4.57 Å².